The Morgan fingerprint density at radius 2 is 1.92 bits per heavy atom. The SMILES string of the molecule is C1COC2(C[C@H]3[C@@H]4O[C@@H]4CC[C@H]32)O1. The van der Waals surface area contributed by atoms with Crippen LogP contribution in [0, 0.1) is 11.8 Å². The predicted octanol–water partition coefficient (Wildman–Crippen LogP) is 0.927. The second kappa shape index (κ2) is 2.10. The first kappa shape index (κ1) is 7.21. The molecule has 4 aliphatic rings. The maximum atomic E-state index is 5.73. The van der Waals surface area contributed by atoms with E-state index in [9.17, 15) is 0 Å². The van der Waals surface area contributed by atoms with Crippen LogP contribution in [0.1, 0.15) is 19.3 Å². The van der Waals surface area contributed by atoms with E-state index in [1.807, 2.05) is 0 Å². The molecule has 2 aliphatic carbocycles. The Morgan fingerprint density at radius 3 is 2.77 bits per heavy atom. The van der Waals surface area contributed by atoms with Crippen molar-refractivity contribution < 1.29 is 14.2 Å². The van der Waals surface area contributed by atoms with Crippen molar-refractivity contribution in [2.75, 3.05) is 13.2 Å². The van der Waals surface area contributed by atoms with Crippen LogP contribution in [0.5, 0.6) is 0 Å². The molecule has 0 unspecified atom stereocenters. The van der Waals surface area contributed by atoms with E-state index in [0.717, 1.165) is 25.6 Å². The summed E-state index contributed by atoms with van der Waals surface area (Å²) in [5.74, 6) is 1.22. The van der Waals surface area contributed by atoms with Gasteiger partial charge in [0.15, 0.2) is 5.79 Å². The van der Waals surface area contributed by atoms with Gasteiger partial charge in [-0.05, 0) is 12.8 Å². The zero-order chi connectivity index (χ0) is 8.47. The lowest BCUT2D eigenvalue weighted by Crippen LogP contribution is -2.58. The molecule has 2 saturated heterocycles. The highest BCUT2D eigenvalue weighted by Crippen LogP contribution is 2.60. The van der Waals surface area contributed by atoms with E-state index in [0.29, 0.717) is 18.1 Å². The smallest absolute Gasteiger partial charge is 0.172 e. The molecular weight excluding hydrogens is 168 g/mol. The molecular formula is C10H14O3. The summed E-state index contributed by atoms with van der Waals surface area (Å²) in [6, 6.07) is 0. The molecule has 72 valence electrons. The molecule has 0 N–H and O–H groups in total. The third kappa shape index (κ3) is 0.767. The average Bonchev–Trinajstić information content (AvgIpc) is 2.72. The summed E-state index contributed by atoms with van der Waals surface area (Å²) in [4.78, 5) is 0. The number of fused-ring (bicyclic) bond motifs is 4. The molecule has 0 radical (unpaired) electrons. The van der Waals surface area contributed by atoms with Gasteiger partial charge in [0.05, 0.1) is 25.4 Å². The Bertz CT molecular complexity index is 247. The Balaban J connectivity index is 1.59. The van der Waals surface area contributed by atoms with Crippen LogP contribution in [-0.4, -0.2) is 31.2 Å². The lowest BCUT2D eigenvalue weighted by molar-refractivity contribution is -0.282. The number of rotatable bonds is 0. The molecule has 0 aromatic rings. The molecule has 4 fully saturated rings. The minimum absolute atomic E-state index is 0.165. The monoisotopic (exact) mass is 182 g/mol. The molecule has 4 atom stereocenters. The number of ether oxygens (including phenoxy) is 3. The molecule has 0 aromatic carbocycles. The first-order valence-electron chi connectivity index (χ1n) is 5.32. The molecule has 2 aliphatic heterocycles. The van der Waals surface area contributed by atoms with Gasteiger partial charge < -0.3 is 14.2 Å². The van der Waals surface area contributed by atoms with Crippen LogP contribution in [0.3, 0.4) is 0 Å². The average molecular weight is 182 g/mol. The van der Waals surface area contributed by atoms with Gasteiger partial charge in [-0.3, -0.25) is 0 Å². The summed E-state index contributed by atoms with van der Waals surface area (Å²) in [5.41, 5.74) is 0. The van der Waals surface area contributed by atoms with E-state index >= 15 is 0 Å². The zero-order valence-electron chi connectivity index (χ0n) is 7.57. The highest BCUT2D eigenvalue weighted by Gasteiger charge is 2.67. The van der Waals surface area contributed by atoms with Crippen LogP contribution >= 0.6 is 0 Å². The largest absolute Gasteiger partial charge is 0.369 e. The van der Waals surface area contributed by atoms with Crippen molar-refractivity contribution in [1.82, 2.24) is 0 Å². The number of epoxide rings is 1. The van der Waals surface area contributed by atoms with Gasteiger partial charge in [-0.15, -0.1) is 0 Å². The van der Waals surface area contributed by atoms with Crippen LogP contribution in [0.25, 0.3) is 0 Å². The van der Waals surface area contributed by atoms with Crippen molar-refractivity contribution in [2.24, 2.45) is 11.8 Å². The van der Waals surface area contributed by atoms with Crippen LogP contribution < -0.4 is 0 Å². The maximum Gasteiger partial charge on any atom is 0.172 e. The normalized spacial score (nSPS) is 55.4. The molecule has 3 nitrogen and oxygen atoms in total. The van der Waals surface area contributed by atoms with Crippen molar-refractivity contribution in [1.29, 1.82) is 0 Å². The quantitative estimate of drug-likeness (QED) is 0.522. The minimum Gasteiger partial charge on any atom is -0.369 e. The van der Waals surface area contributed by atoms with Gasteiger partial charge in [0.25, 0.3) is 0 Å². The van der Waals surface area contributed by atoms with E-state index in [1.54, 1.807) is 0 Å². The van der Waals surface area contributed by atoms with Crippen molar-refractivity contribution in [3.05, 3.63) is 0 Å². The second-order valence-electron chi connectivity index (χ2n) is 4.70. The van der Waals surface area contributed by atoms with E-state index in [4.69, 9.17) is 14.2 Å². The zero-order valence-corrected chi connectivity index (χ0v) is 7.57. The Labute approximate surface area is 77.3 Å². The molecule has 1 spiro atoms. The van der Waals surface area contributed by atoms with Crippen molar-refractivity contribution in [3.8, 4) is 0 Å². The van der Waals surface area contributed by atoms with Crippen molar-refractivity contribution in [3.63, 3.8) is 0 Å². The fraction of sp³-hybridized carbons (Fsp3) is 1.00. The topological polar surface area (TPSA) is 31.0 Å². The summed E-state index contributed by atoms with van der Waals surface area (Å²) in [7, 11) is 0. The van der Waals surface area contributed by atoms with Gasteiger partial charge in [0, 0.05) is 18.3 Å². The molecule has 3 heteroatoms. The van der Waals surface area contributed by atoms with Gasteiger partial charge in [-0.1, -0.05) is 0 Å². The Kier molecular flexibility index (Phi) is 1.16. The van der Waals surface area contributed by atoms with E-state index in [1.165, 1.54) is 12.8 Å². The number of hydrogen-bond acceptors (Lipinski definition) is 3. The van der Waals surface area contributed by atoms with E-state index in [2.05, 4.69) is 0 Å². The van der Waals surface area contributed by atoms with Gasteiger partial charge in [0.1, 0.15) is 0 Å². The van der Waals surface area contributed by atoms with Crippen LogP contribution in [0.2, 0.25) is 0 Å². The highest BCUT2D eigenvalue weighted by molar-refractivity contribution is 5.11. The first-order chi connectivity index (χ1) is 6.39. The van der Waals surface area contributed by atoms with Gasteiger partial charge >= 0.3 is 0 Å². The lowest BCUT2D eigenvalue weighted by atomic mass is 9.61. The van der Waals surface area contributed by atoms with Crippen LogP contribution in [0.15, 0.2) is 0 Å². The molecule has 0 bridgehead atoms. The third-order valence-electron chi connectivity index (χ3n) is 4.18. The molecule has 13 heavy (non-hydrogen) atoms. The molecule has 0 amide bonds. The summed E-state index contributed by atoms with van der Waals surface area (Å²) < 4.78 is 17.1. The summed E-state index contributed by atoms with van der Waals surface area (Å²) >= 11 is 0. The summed E-state index contributed by atoms with van der Waals surface area (Å²) in [6.45, 7) is 1.58. The van der Waals surface area contributed by atoms with Gasteiger partial charge in [-0.2, -0.15) is 0 Å². The van der Waals surface area contributed by atoms with E-state index < -0.39 is 0 Å². The predicted molar refractivity (Wildman–Crippen MR) is 44.1 cm³/mol. The molecule has 0 aromatic heterocycles. The minimum atomic E-state index is -0.165. The maximum absolute atomic E-state index is 5.73. The molecule has 2 heterocycles. The fourth-order valence-electron chi connectivity index (χ4n) is 3.48. The van der Waals surface area contributed by atoms with Crippen LogP contribution in [0.4, 0.5) is 0 Å². The first-order valence-corrected chi connectivity index (χ1v) is 5.32. The van der Waals surface area contributed by atoms with E-state index in [-0.39, 0.29) is 5.79 Å². The fourth-order valence-corrected chi connectivity index (χ4v) is 3.48. The summed E-state index contributed by atoms with van der Waals surface area (Å²) in [6.07, 6.45) is 4.71. The standard InChI is InChI=1S/C10H14O3/c1-2-8-9(13-8)6-5-10(7(1)6)11-3-4-12-10/h6-9H,1-5H2/t6-,7-,8-,9+/m1/s1. The second-order valence-corrected chi connectivity index (χ2v) is 4.70. The summed E-state index contributed by atoms with van der Waals surface area (Å²) in [5, 5.41) is 0. The van der Waals surface area contributed by atoms with Gasteiger partial charge in [-0.25, -0.2) is 0 Å². The number of hydrogen-bond donors (Lipinski definition) is 0. The lowest BCUT2D eigenvalue weighted by Gasteiger charge is -2.52. The van der Waals surface area contributed by atoms with Gasteiger partial charge in [0.2, 0.25) is 0 Å². The highest BCUT2D eigenvalue weighted by atomic mass is 16.7. The Hall–Kier alpha value is -0.120. The molecule has 4 rings (SSSR count). The van der Waals surface area contributed by atoms with Crippen LogP contribution in [-0.2, 0) is 14.2 Å². The Morgan fingerprint density at radius 1 is 1.08 bits per heavy atom. The molecule has 2 saturated carbocycles. The van der Waals surface area contributed by atoms with Crippen molar-refractivity contribution in [2.45, 2.75) is 37.3 Å². The third-order valence-corrected chi connectivity index (χ3v) is 4.18. The van der Waals surface area contributed by atoms with Crippen molar-refractivity contribution >= 4 is 0 Å².